The lowest BCUT2D eigenvalue weighted by Gasteiger charge is -2.10. The number of rotatable bonds is 14. The Kier molecular flexibility index (Phi) is 11.8. The van der Waals surface area contributed by atoms with E-state index in [1.807, 2.05) is 11.6 Å². The number of carbonyl (C=O) groups excluding carboxylic acids is 4. The van der Waals surface area contributed by atoms with Gasteiger partial charge in [-0.1, -0.05) is 26.0 Å². The van der Waals surface area contributed by atoms with Crippen molar-refractivity contribution < 1.29 is 37.1 Å². The molecule has 0 fully saturated rings. The van der Waals surface area contributed by atoms with Gasteiger partial charge in [0.25, 0.3) is 27.7 Å². The van der Waals surface area contributed by atoms with Crippen molar-refractivity contribution in [3.63, 3.8) is 0 Å². The predicted octanol–water partition coefficient (Wildman–Crippen LogP) is 2.50. The molecule has 0 saturated heterocycles. The van der Waals surface area contributed by atoms with Crippen molar-refractivity contribution in [2.24, 2.45) is 5.92 Å². The van der Waals surface area contributed by atoms with Crippen LogP contribution in [-0.2, 0) is 26.0 Å². The molecule has 3 N–H and O–H groups in total. The summed E-state index contributed by atoms with van der Waals surface area (Å²) >= 11 is 0. The maximum atomic E-state index is 12.7. The van der Waals surface area contributed by atoms with E-state index in [9.17, 15) is 27.6 Å². The molecular weight excluding hydrogens is 576 g/mol. The van der Waals surface area contributed by atoms with Crippen molar-refractivity contribution in [1.29, 1.82) is 0 Å². The minimum Gasteiger partial charge on any atom is -0.494 e. The van der Waals surface area contributed by atoms with Gasteiger partial charge in [0.2, 0.25) is 0 Å². The Balaban J connectivity index is 1.47. The number of pyridine rings is 1. The minimum absolute atomic E-state index is 0.000789. The first-order chi connectivity index (χ1) is 20.5. The number of nitrogens with zero attached hydrogens (tertiary/aromatic N) is 1. The fourth-order valence-electron chi connectivity index (χ4n) is 3.60. The maximum absolute atomic E-state index is 12.7. The molecule has 12 nitrogen and oxygen atoms in total. The largest absolute Gasteiger partial charge is 0.494 e. The van der Waals surface area contributed by atoms with Crippen LogP contribution < -0.4 is 20.1 Å². The summed E-state index contributed by atoms with van der Waals surface area (Å²) in [5.74, 6) is -1.67. The van der Waals surface area contributed by atoms with Crippen molar-refractivity contribution in [2.45, 2.75) is 32.1 Å². The van der Waals surface area contributed by atoms with Gasteiger partial charge in [-0.3, -0.25) is 24.2 Å². The molecule has 3 aromatic rings. The Morgan fingerprint density at radius 1 is 0.814 bits per heavy atom. The van der Waals surface area contributed by atoms with E-state index in [1.165, 1.54) is 24.3 Å². The number of aromatic nitrogens is 1. The molecule has 1 heterocycles. The molecule has 0 atom stereocenters. The van der Waals surface area contributed by atoms with Gasteiger partial charge in [0.15, 0.2) is 0 Å². The van der Waals surface area contributed by atoms with Crippen molar-refractivity contribution in [2.75, 3.05) is 26.3 Å². The smallest absolute Gasteiger partial charge is 0.308 e. The Bertz CT molecular complexity index is 1520. The fourth-order valence-corrected chi connectivity index (χ4v) is 4.58. The normalized spacial score (nSPS) is 11.0. The van der Waals surface area contributed by atoms with Crippen molar-refractivity contribution in [3.8, 4) is 5.75 Å². The Morgan fingerprint density at radius 2 is 1.47 bits per heavy atom. The van der Waals surface area contributed by atoms with E-state index in [2.05, 4.69) is 15.6 Å². The number of nitrogens with one attached hydrogen (secondary N) is 3. The summed E-state index contributed by atoms with van der Waals surface area (Å²) in [7, 11) is -4.18. The third kappa shape index (κ3) is 9.92. The third-order valence-corrected chi connectivity index (χ3v) is 7.30. The van der Waals surface area contributed by atoms with Gasteiger partial charge < -0.3 is 20.1 Å². The Hall–Kier alpha value is -4.78. The Morgan fingerprint density at radius 3 is 2.07 bits per heavy atom. The number of sulfonamides is 1. The van der Waals surface area contributed by atoms with E-state index >= 15 is 0 Å². The second-order valence-electron chi connectivity index (χ2n) is 9.55. The number of carbonyl (C=O) groups is 4. The van der Waals surface area contributed by atoms with Gasteiger partial charge in [-0.25, -0.2) is 13.1 Å². The molecule has 3 rings (SSSR count). The SMILES string of the molecule is CCOc1ccc(C(=O)NCCc2ccc(S(=O)(=O)NC(=O)c3ccc(C(=O)NCCOC(=O)C(C)C)nc3)cc2)cc1. The third-order valence-electron chi connectivity index (χ3n) is 5.95. The number of ether oxygens (including phenoxy) is 2. The molecule has 228 valence electrons. The highest BCUT2D eigenvalue weighted by Gasteiger charge is 2.20. The molecule has 0 unspecified atom stereocenters. The lowest BCUT2D eigenvalue weighted by molar-refractivity contribution is -0.147. The summed E-state index contributed by atoms with van der Waals surface area (Å²) in [4.78, 5) is 52.3. The van der Waals surface area contributed by atoms with Crippen LogP contribution in [0.5, 0.6) is 5.75 Å². The van der Waals surface area contributed by atoms with Crippen LogP contribution in [0.1, 0.15) is 57.5 Å². The van der Waals surface area contributed by atoms with E-state index < -0.39 is 21.8 Å². The van der Waals surface area contributed by atoms with Crippen molar-refractivity contribution >= 4 is 33.7 Å². The average molecular weight is 611 g/mol. The molecule has 0 spiro atoms. The molecule has 2 aromatic carbocycles. The van der Waals surface area contributed by atoms with Crippen molar-refractivity contribution in [3.05, 3.63) is 89.2 Å². The van der Waals surface area contributed by atoms with Gasteiger partial charge in [-0.2, -0.15) is 0 Å². The van der Waals surface area contributed by atoms with E-state index in [-0.39, 0.29) is 47.1 Å². The van der Waals surface area contributed by atoms with Crippen LogP contribution in [-0.4, -0.2) is 63.4 Å². The highest BCUT2D eigenvalue weighted by atomic mass is 32.2. The highest BCUT2D eigenvalue weighted by Crippen LogP contribution is 2.14. The molecule has 3 amide bonds. The second kappa shape index (κ2) is 15.4. The summed E-state index contributed by atoms with van der Waals surface area (Å²) in [6.07, 6.45) is 1.55. The summed E-state index contributed by atoms with van der Waals surface area (Å²) in [5.41, 5.74) is 1.22. The maximum Gasteiger partial charge on any atom is 0.308 e. The standard InChI is InChI=1S/C30H34N4O8S/c1-4-41-24-10-7-22(8-11-24)27(35)31-16-15-21-5-12-25(13-6-21)43(39,40)34-28(36)23-9-14-26(33-19-23)29(37)32-17-18-42-30(38)20(2)3/h5-14,19-20H,4,15-18H2,1-3H3,(H,31,35)(H,32,37)(H,34,36). The lowest BCUT2D eigenvalue weighted by atomic mass is 10.1. The number of benzene rings is 2. The predicted molar refractivity (Wildman–Crippen MR) is 157 cm³/mol. The zero-order chi connectivity index (χ0) is 31.4. The molecule has 0 aliphatic heterocycles. The second-order valence-corrected chi connectivity index (χ2v) is 11.2. The molecule has 0 saturated carbocycles. The van der Waals surface area contributed by atoms with Crippen LogP contribution in [0.2, 0.25) is 0 Å². The highest BCUT2D eigenvalue weighted by molar-refractivity contribution is 7.90. The van der Waals surface area contributed by atoms with Gasteiger partial charge in [0.1, 0.15) is 18.1 Å². The molecule has 0 aliphatic carbocycles. The number of hydrogen-bond acceptors (Lipinski definition) is 9. The summed E-state index contributed by atoms with van der Waals surface area (Å²) in [6, 6.07) is 15.3. The fraction of sp³-hybridized carbons (Fsp3) is 0.300. The van der Waals surface area contributed by atoms with Crippen LogP contribution in [0.3, 0.4) is 0 Å². The zero-order valence-electron chi connectivity index (χ0n) is 24.1. The van der Waals surface area contributed by atoms with E-state index in [4.69, 9.17) is 9.47 Å². The van der Waals surface area contributed by atoms with Crippen LogP contribution >= 0.6 is 0 Å². The molecule has 0 bridgehead atoms. The number of hydrogen-bond donors (Lipinski definition) is 3. The quantitative estimate of drug-likeness (QED) is 0.183. The molecule has 0 radical (unpaired) electrons. The topological polar surface area (TPSA) is 170 Å². The minimum atomic E-state index is -4.18. The summed E-state index contributed by atoms with van der Waals surface area (Å²) < 4.78 is 37.8. The molecule has 1 aromatic heterocycles. The van der Waals surface area contributed by atoms with Gasteiger partial charge in [0.05, 0.1) is 29.5 Å². The van der Waals surface area contributed by atoms with E-state index in [1.54, 1.807) is 50.2 Å². The first-order valence-corrected chi connectivity index (χ1v) is 15.1. The summed E-state index contributed by atoms with van der Waals surface area (Å²) in [6.45, 7) is 6.22. The monoisotopic (exact) mass is 610 g/mol. The van der Waals surface area contributed by atoms with E-state index in [0.717, 1.165) is 11.8 Å². The van der Waals surface area contributed by atoms with Gasteiger partial charge in [-0.05, 0) is 67.4 Å². The van der Waals surface area contributed by atoms with Crippen LogP contribution in [0.15, 0.2) is 71.8 Å². The average Bonchev–Trinajstić information content (AvgIpc) is 2.99. The van der Waals surface area contributed by atoms with Crippen molar-refractivity contribution in [1.82, 2.24) is 20.3 Å². The summed E-state index contributed by atoms with van der Waals surface area (Å²) in [5, 5.41) is 5.35. The van der Waals surface area contributed by atoms with Crippen LogP contribution in [0, 0.1) is 5.92 Å². The first-order valence-electron chi connectivity index (χ1n) is 13.6. The van der Waals surface area contributed by atoms with Gasteiger partial charge in [-0.15, -0.1) is 0 Å². The van der Waals surface area contributed by atoms with Crippen LogP contribution in [0.25, 0.3) is 0 Å². The number of amides is 3. The molecular formula is C30H34N4O8S. The van der Waals surface area contributed by atoms with Gasteiger partial charge in [0, 0.05) is 18.3 Å². The van der Waals surface area contributed by atoms with E-state index in [0.29, 0.717) is 30.9 Å². The lowest BCUT2D eigenvalue weighted by Crippen LogP contribution is -2.31. The molecule has 13 heteroatoms. The van der Waals surface area contributed by atoms with Gasteiger partial charge >= 0.3 is 5.97 Å². The van der Waals surface area contributed by atoms with Crippen LogP contribution in [0.4, 0.5) is 0 Å². The zero-order valence-corrected chi connectivity index (χ0v) is 24.9. The number of esters is 1. The first kappa shape index (κ1) is 32.7. The molecule has 43 heavy (non-hydrogen) atoms. The Labute approximate surface area is 250 Å². The molecule has 0 aliphatic rings.